The number of hydrogen-bond donors (Lipinski definition) is 0. The fraction of sp³-hybridized carbons (Fsp3) is 0.400. The Morgan fingerprint density at radius 2 is 1.06 bits per heavy atom. The summed E-state index contributed by atoms with van der Waals surface area (Å²) in [4.78, 5) is 43.2. The summed E-state index contributed by atoms with van der Waals surface area (Å²) < 4.78 is 1.65. The molecule has 3 rings (SSSR count). The predicted octanol–water partition coefficient (Wildman–Crippen LogP) is 4.46. The molecule has 0 radical (unpaired) electrons. The lowest BCUT2D eigenvalue weighted by Gasteiger charge is -2.31. The molecular formula is C25H30N2O3S. The van der Waals surface area contributed by atoms with Crippen molar-refractivity contribution in [2.24, 2.45) is 0 Å². The third-order valence-electron chi connectivity index (χ3n) is 6.54. The molecule has 0 amide bonds. The van der Waals surface area contributed by atoms with Crippen LogP contribution in [0, 0.1) is 0 Å². The van der Waals surface area contributed by atoms with E-state index in [1.807, 2.05) is 77.8 Å². The van der Waals surface area contributed by atoms with Gasteiger partial charge in [-0.25, -0.2) is 0 Å². The van der Waals surface area contributed by atoms with Crippen molar-refractivity contribution < 1.29 is 9.59 Å². The minimum Gasteiger partial charge on any atom is -0.297 e. The summed E-state index contributed by atoms with van der Waals surface area (Å²) in [5.74, 6) is -0.0823. The maximum absolute atomic E-state index is 13.4. The molecule has 0 bridgehead atoms. The number of nitrogens with zero attached hydrogens (tertiary/aromatic N) is 2. The van der Waals surface area contributed by atoms with Gasteiger partial charge in [-0.2, -0.15) is 0 Å². The number of ketones is 2. The second-order valence-electron chi connectivity index (χ2n) is 9.42. The zero-order chi connectivity index (χ0) is 23.3. The maximum atomic E-state index is 13.4. The Hall–Kier alpha value is -2.41. The van der Waals surface area contributed by atoms with Crippen LogP contribution in [0.1, 0.15) is 48.4 Å². The Kier molecular flexibility index (Phi) is 5.95. The molecule has 3 aromatic rings. The Balaban J connectivity index is 2.19. The van der Waals surface area contributed by atoms with Gasteiger partial charge in [0, 0.05) is 31.3 Å². The lowest BCUT2D eigenvalue weighted by atomic mass is 9.91. The normalized spacial score (nSPS) is 12.8. The van der Waals surface area contributed by atoms with Gasteiger partial charge in [0.25, 0.3) is 0 Å². The molecule has 0 aliphatic heterocycles. The lowest BCUT2D eigenvalue weighted by molar-refractivity contribution is 0.0750. The third-order valence-corrected chi connectivity index (χ3v) is 7.69. The summed E-state index contributed by atoms with van der Waals surface area (Å²) in [6.45, 7) is 7.46. The SMILES string of the molecule is CN(C)C(C)(C)C(=O)c1ccc2sc3ccc(C(=O)C(C)(C)N(C)C)cc3c(=O)c2c1. The predicted molar refractivity (Wildman–Crippen MR) is 130 cm³/mol. The third kappa shape index (κ3) is 3.95. The van der Waals surface area contributed by atoms with E-state index in [-0.39, 0.29) is 17.0 Å². The molecule has 0 saturated carbocycles. The molecule has 1 heterocycles. The van der Waals surface area contributed by atoms with Gasteiger partial charge in [-0.05, 0) is 92.3 Å². The minimum absolute atomic E-state index is 0.0412. The fourth-order valence-electron chi connectivity index (χ4n) is 3.25. The van der Waals surface area contributed by atoms with E-state index in [2.05, 4.69) is 0 Å². The molecule has 1 aromatic heterocycles. The van der Waals surface area contributed by atoms with E-state index in [0.717, 1.165) is 9.40 Å². The molecule has 31 heavy (non-hydrogen) atoms. The largest absolute Gasteiger partial charge is 0.297 e. The standard InChI is InChI=1S/C25H30N2O3S/c1-24(2,26(5)6)22(29)15-9-11-19-17(13-15)21(28)18-14-16(10-12-20(18)31-19)23(30)25(3,4)27(7)8/h9-14H,1-8H3. The van der Waals surface area contributed by atoms with Crippen LogP contribution in [0.2, 0.25) is 0 Å². The molecule has 0 unspecified atom stereocenters. The van der Waals surface area contributed by atoms with Crippen molar-refractivity contribution in [3.63, 3.8) is 0 Å². The first-order chi connectivity index (χ1) is 14.3. The molecule has 0 spiro atoms. The Morgan fingerprint density at radius 1 is 0.710 bits per heavy atom. The van der Waals surface area contributed by atoms with Crippen LogP contribution >= 0.6 is 11.3 Å². The highest BCUT2D eigenvalue weighted by Gasteiger charge is 2.32. The van der Waals surface area contributed by atoms with E-state index >= 15 is 0 Å². The number of carbonyl (C=O) groups excluding carboxylic acids is 2. The number of fused-ring (bicyclic) bond motifs is 2. The van der Waals surface area contributed by atoms with Crippen molar-refractivity contribution in [3.05, 3.63) is 57.7 Å². The average molecular weight is 439 g/mol. The second-order valence-corrected chi connectivity index (χ2v) is 10.5. The van der Waals surface area contributed by atoms with E-state index in [4.69, 9.17) is 0 Å². The number of likely N-dealkylation sites (N-methyl/N-ethyl adjacent to an activating group) is 2. The van der Waals surface area contributed by atoms with Crippen LogP contribution in [-0.2, 0) is 0 Å². The summed E-state index contributed by atoms with van der Waals surface area (Å²) in [6.07, 6.45) is 0. The quantitative estimate of drug-likeness (QED) is 0.420. The highest BCUT2D eigenvalue weighted by atomic mass is 32.1. The first-order valence-corrected chi connectivity index (χ1v) is 11.0. The molecule has 164 valence electrons. The lowest BCUT2D eigenvalue weighted by Crippen LogP contribution is -2.45. The summed E-state index contributed by atoms with van der Waals surface area (Å²) >= 11 is 1.49. The highest BCUT2D eigenvalue weighted by molar-refractivity contribution is 7.24. The van der Waals surface area contributed by atoms with Gasteiger partial charge in [-0.15, -0.1) is 11.3 Å². The smallest absolute Gasteiger partial charge is 0.195 e. The van der Waals surface area contributed by atoms with Gasteiger partial charge in [0.2, 0.25) is 0 Å². The Bertz CT molecular complexity index is 1160. The summed E-state index contributed by atoms with van der Waals surface area (Å²) in [5.41, 5.74) is -0.507. The van der Waals surface area contributed by atoms with Crippen LogP contribution in [0.4, 0.5) is 0 Å². The van der Waals surface area contributed by atoms with Crippen LogP contribution in [-0.4, -0.2) is 60.6 Å². The zero-order valence-corrected chi connectivity index (χ0v) is 20.3. The van der Waals surface area contributed by atoms with E-state index < -0.39 is 11.1 Å². The first kappa shape index (κ1) is 23.3. The first-order valence-electron chi connectivity index (χ1n) is 10.2. The van der Waals surface area contributed by atoms with Crippen molar-refractivity contribution in [3.8, 4) is 0 Å². The maximum Gasteiger partial charge on any atom is 0.195 e. The average Bonchev–Trinajstić information content (AvgIpc) is 2.72. The second kappa shape index (κ2) is 7.93. The number of benzene rings is 2. The van der Waals surface area contributed by atoms with Gasteiger partial charge >= 0.3 is 0 Å². The van der Waals surface area contributed by atoms with Crippen LogP contribution in [0.5, 0.6) is 0 Å². The van der Waals surface area contributed by atoms with Gasteiger partial charge in [0.15, 0.2) is 17.0 Å². The fourth-order valence-corrected chi connectivity index (χ4v) is 4.28. The van der Waals surface area contributed by atoms with Gasteiger partial charge in [-0.1, -0.05) is 0 Å². The Labute approximate surface area is 187 Å². The van der Waals surface area contributed by atoms with Crippen molar-refractivity contribution in [2.75, 3.05) is 28.2 Å². The summed E-state index contributed by atoms with van der Waals surface area (Å²) in [7, 11) is 7.45. The molecule has 0 N–H and O–H groups in total. The molecule has 0 aliphatic carbocycles. The minimum atomic E-state index is -0.686. The Morgan fingerprint density at radius 3 is 1.39 bits per heavy atom. The highest BCUT2D eigenvalue weighted by Crippen LogP contribution is 2.29. The molecule has 6 heteroatoms. The number of hydrogen-bond acceptors (Lipinski definition) is 6. The summed E-state index contributed by atoms with van der Waals surface area (Å²) in [6, 6.07) is 10.6. The van der Waals surface area contributed by atoms with Crippen LogP contribution in [0.3, 0.4) is 0 Å². The molecule has 2 aromatic carbocycles. The van der Waals surface area contributed by atoms with Crippen molar-refractivity contribution in [1.29, 1.82) is 0 Å². The molecule has 0 aliphatic rings. The molecular weight excluding hydrogens is 408 g/mol. The van der Waals surface area contributed by atoms with E-state index in [9.17, 15) is 14.4 Å². The van der Waals surface area contributed by atoms with Gasteiger partial charge in [0.1, 0.15) is 0 Å². The van der Waals surface area contributed by atoms with E-state index in [1.165, 1.54) is 11.3 Å². The van der Waals surface area contributed by atoms with E-state index in [0.29, 0.717) is 21.9 Å². The van der Waals surface area contributed by atoms with Gasteiger partial charge in [0.05, 0.1) is 11.1 Å². The zero-order valence-electron chi connectivity index (χ0n) is 19.5. The monoisotopic (exact) mass is 438 g/mol. The van der Waals surface area contributed by atoms with Crippen LogP contribution in [0.15, 0.2) is 41.2 Å². The number of carbonyl (C=O) groups is 2. The summed E-state index contributed by atoms with van der Waals surface area (Å²) in [5, 5.41) is 1.02. The number of Topliss-reactive ketones (excluding diaryl/α,β-unsaturated/α-hetero) is 2. The van der Waals surface area contributed by atoms with Gasteiger partial charge in [-0.3, -0.25) is 24.2 Å². The van der Waals surface area contributed by atoms with Crippen LogP contribution in [0.25, 0.3) is 20.2 Å². The van der Waals surface area contributed by atoms with Crippen molar-refractivity contribution in [2.45, 2.75) is 38.8 Å². The topological polar surface area (TPSA) is 57.7 Å². The molecule has 0 fully saturated rings. The molecule has 0 saturated heterocycles. The number of rotatable bonds is 6. The van der Waals surface area contributed by atoms with Crippen LogP contribution < -0.4 is 5.43 Å². The van der Waals surface area contributed by atoms with Crippen molar-refractivity contribution in [1.82, 2.24) is 9.80 Å². The molecule has 5 nitrogen and oxygen atoms in total. The van der Waals surface area contributed by atoms with Crippen molar-refractivity contribution >= 4 is 43.1 Å². The van der Waals surface area contributed by atoms with Gasteiger partial charge < -0.3 is 0 Å². The molecule has 0 atom stereocenters. The van der Waals surface area contributed by atoms with E-state index in [1.54, 1.807) is 24.3 Å².